The van der Waals surface area contributed by atoms with E-state index in [1.54, 1.807) is 0 Å². The second kappa shape index (κ2) is 5.87. The number of phenols is 1. The summed E-state index contributed by atoms with van der Waals surface area (Å²) in [6, 6.07) is 6.15. The van der Waals surface area contributed by atoms with Crippen molar-refractivity contribution in [3.05, 3.63) is 52.4 Å². The summed E-state index contributed by atoms with van der Waals surface area (Å²) in [6.07, 6.45) is 0. The molecule has 0 aliphatic heterocycles. The van der Waals surface area contributed by atoms with Crippen molar-refractivity contribution in [1.82, 2.24) is 0 Å². The van der Waals surface area contributed by atoms with Gasteiger partial charge in [0.2, 0.25) is 0 Å². The molecule has 2 aromatic carbocycles. The Kier molecular flexibility index (Phi) is 3.97. The largest absolute Gasteiger partial charge is 0.504 e. The van der Waals surface area contributed by atoms with Gasteiger partial charge in [-0.25, -0.2) is 4.39 Å². The van der Waals surface area contributed by atoms with Crippen LogP contribution in [-0.4, -0.2) is 25.2 Å². The van der Waals surface area contributed by atoms with Crippen LogP contribution in [0, 0.1) is 5.82 Å². The Bertz CT molecular complexity index is 1150. The van der Waals surface area contributed by atoms with Gasteiger partial charge in [0, 0.05) is 12.1 Å². The number of hydrogen-bond donors (Lipinski definition) is 2. The summed E-state index contributed by atoms with van der Waals surface area (Å²) in [6.45, 7) is 0. The van der Waals surface area contributed by atoms with Gasteiger partial charge in [-0.2, -0.15) is 8.42 Å². The zero-order valence-electron chi connectivity index (χ0n) is 12.7. The van der Waals surface area contributed by atoms with E-state index >= 15 is 0 Å². The van der Waals surface area contributed by atoms with E-state index in [1.807, 2.05) is 0 Å². The second-order valence-electron chi connectivity index (χ2n) is 5.11. The van der Waals surface area contributed by atoms with Crippen molar-refractivity contribution in [2.24, 2.45) is 0 Å². The molecule has 0 aliphatic carbocycles. The van der Waals surface area contributed by atoms with E-state index in [1.165, 1.54) is 13.2 Å². The molecule has 9 heteroatoms. The van der Waals surface area contributed by atoms with Crippen LogP contribution in [0.3, 0.4) is 0 Å². The maximum Gasteiger partial charge on any atom is 0.294 e. The molecule has 7 nitrogen and oxygen atoms in total. The zero-order valence-corrected chi connectivity index (χ0v) is 13.5. The zero-order chi connectivity index (χ0) is 18.4. The molecule has 3 aromatic rings. The van der Waals surface area contributed by atoms with Crippen molar-refractivity contribution in [2.75, 3.05) is 7.11 Å². The number of aromatic hydroxyl groups is 1. The van der Waals surface area contributed by atoms with Crippen molar-refractivity contribution >= 4 is 21.1 Å². The van der Waals surface area contributed by atoms with Gasteiger partial charge in [-0.3, -0.25) is 9.35 Å². The standard InChI is InChI=1S/C16H11FO7S/c1-23-15-6-9(25(20,21)22)5-11(16(15)19)14-7-12(18)10-4-8(17)2-3-13(10)24-14/h2-7,19H,1H3,(H,20,21,22). The Hall–Kier alpha value is -2.91. The Labute approximate surface area is 140 Å². The van der Waals surface area contributed by atoms with Crippen LogP contribution in [-0.2, 0) is 10.1 Å². The van der Waals surface area contributed by atoms with Crippen molar-refractivity contribution in [3.8, 4) is 22.8 Å². The number of fused-ring (bicyclic) bond motifs is 1. The fourth-order valence-corrected chi connectivity index (χ4v) is 2.86. The van der Waals surface area contributed by atoms with E-state index in [9.17, 15) is 27.3 Å². The van der Waals surface area contributed by atoms with Crippen molar-refractivity contribution < 1.29 is 31.6 Å². The molecule has 0 unspecified atom stereocenters. The Morgan fingerprint density at radius 3 is 2.52 bits per heavy atom. The molecule has 0 aliphatic rings. The van der Waals surface area contributed by atoms with Crippen molar-refractivity contribution in [3.63, 3.8) is 0 Å². The first kappa shape index (κ1) is 16.9. The highest BCUT2D eigenvalue weighted by atomic mass is 32.2. The number of rotatable bonds is 3. The fourth-order valence-electron chi connectivity index (χ4n) is 2.34. The third-order valence-corrected chi connectivity index (χ3v) is 4.35. The van der Waals surface area contributed by atoms with Crippen LogP contribution in [0.2, 0.25) is 0 Å². The normalized spacial score (nSPS) is 11.6. The van der Waals surface area contributed by atoms with Gasteiger partial charge in [0.05, 0.1) is 23.0 Å². The molecular weight excluding hydrogens is 355 g/mol. The quantitative estimate of drug-likeness (QED) is 0.685. The highest BCUT2D eigenvalue weighted by molar-refractivity contribution is 7.85. The minimum Gasteiger partial charge on any atom is -0.504 e. The first-order valence-electron chi connectivity index (χ1n) is 6.83. The maximum atomic E-state index is 13.3. The average molecular weight is 366 g/mol. The first-order chi connectivity index (χ1) is 11.7. The lowest BCUT2D eigenvalue weighted by molar-refractivity contribution is 0.372. The van der Waals surface area contributed by atoms with Crippen LogP contribution in [0.5, 0.6) is 11.5 Å². The Morgan fingerprint density at radius 1 is 1.16 bits per heavy atom. The van der Waals surface area contributed by atoms with E-state index in [-0.39, 0.29) is 28.0 Å². The average Bonchev–Trinajstić information content (AvgIpc) is 2.54. The molecule has 25 heavy (non-hydrogen) atoms. The van der Waals surface area contributed by atoms with E-state index in [0.29, 0.717) is 0 Å². The molecular formula is C16H11FO7S. The third kappa shape index (κ3) is 3.06. The van der Waals surface area contributed by atoms with Gasteiger partial charge in [0.25, 0.3) is 10.1 Å². The summed E-state index contributed by atoms with van der Waals surface area (Å²) in [5.41, 5.74) is -0.735. The Balaban J connectivity index is 2.34. The first-order valence-corrected chi connectivity index (χ1v) is 8.27. The predicted octanol–water partition coefficient (Wildman–Crippen LogP) is 2.56. The molecule has 0 atom stereocenters. The summed E-state index contributed by atoms with van der Waals surface area (Å²) in [7, 11) is -3.41. The predicted molar refractivity (Wildman–Crippen MR) is 85.9 cm³/mol. The summed E-state index contributed by atoms with van der Waals surface area (Å²) >= 11 is 0. The van der Waals surface area contributed by atoms with Crippen LogP contribution < -0.4 is 10.2 Å². The molecule has 3 rings (SSSR count). The number of phenolic OH excluding ortho intramolecular Hbond substituents is 1. The van der Waals surface area contributed by atoms with Crippen LogP contribution in [0.1, 0.15) is 0 Å². The van der Waals surface area contributed by atoms with Gasteiger partial charge < -0.3 is 14.3 Å². The van der Waals surface area contributed by atoms with Crippen molar-refractivity contribution in [2.45, 2.75) is 4.90 Å². The van der Waals surface area contributed by atoms with Gasteiger partial charge in [0.1, 0.15) is 17.2 Å². The topological polar surface area (TPSA) is 114 Å². The fraction of sp³-hybridized carbons (Fsp3) is 0.0625. The van der Waals surface area contributed by atoms with Crippen LogP contribution in [0.15, 0.2) is 50.5 Å². The minimum atomic E-state index is -4.60. The number of benzene rings is 2. The van der Waals surface area contributed by atoms with E-state index in [0.717, 1.165) is 30.3 Å². The summed E-state index contributed by atoms with van der Waals surface area (Å²) in [5, 5.41) is 10.2. The lowest BCUT2D eigenvalue weighted by Crippen LogP contribution is -2.03. The van der Waals surface area contributed by atoms with Gasteiger partial charge in [-0.1, -0.05) is 0 Å². The molecule has 0 radical (unpaired) electrons. The lowest BCUT2D eigenvalue weighted by atomic mass is 10.1. The van der Waals surface area contributed by atoms with Crippen LogP contribution >= 0.6 is 0 Å². The van der Waals surface area contributed by atoms with Gasteiger partial charge >= 0.3 is 0 Å². The Morgan fingerprint density at radius 2 is 1.88 bits per heavy atom. The molecule has 0 spiro atoms. The molecule has 0 fully saturated rings. The van der Waals surface area contributed by atoms with Gasteiger partial charge in [0.15, 0.2) is 16.9 Å². The minimum absolute atomic E-state index is 0.0128. The molecule has 0 bridgehead atoms. The molecule has 1 aromatic heterocycles. The highest BCUT2D eigenvalue weighted by Gasteiger charge is 2.21. The molecule has 1 heterocycles. The van der Waals surface area contributed by atoms with E-state index in [2.05, 4.69) is 0 Å². The lowest BCUT2D eigenvalue weighted by Gasteiger charge is -2.11. The summed E-state index contributed by atoms with van der Waals surface area (Å²) in [4.78, 5) is 11.6. The van der Waals surface area contributed by atoms with Crippen LogP contribution in [0.25, 0.3) is 22.3 Å². The molecule has 0 amide bonds. The van der Waals surface area contributed by atoms with Crippen molar-refractivity contribution in [1.29, 1.82) is 0 Å². The van der Waals surface area contributed by atoms with E-state index in [4.69, 9.17) is 9.15 Å². The highest BCUT2D eigenvalue weighted by Crippen LogP contribution is 2.39. The monoisotopic (exact) mass is 366 g/mol. The van der Waals surface area contributed by atoms with Gasteiger partial charge in [-0.15, -0.1) is 0 Å². The maximum absolute atomic E-state index is 13.3. The van der Waals surface area contributed by atoms with Crippen LogP contribution in [0.4, 0.5) is 4.39 Å². The number of halogens is 1. The summed E-state index contributed by atoms with van der Waals surface area (Å²) < 4.78 is 55.6. The number of ether oxygens (including phenoxy) is 1. The number of methoxy groups -OCH3 is 1. The molecule has 0 saturated carbocycles. The molecule has 130 valence electrons. The molecule has 2 N–H and O–H groups in total. The van der Waals surface area contributed by atoms with Gasteiger partial charge in [-0.05, 0) is 24.3 Å². The third-order valence-electron chi connectivity index (χ3n) is 3.52. The SMILES string of the molecule is COc1cc(S(=O)(=O)O)cc(-c2cc(=O)c3cc(F)ccc3o2)c1O. The second-order valence-corrected chi connectivity index (χ2v) is 6.53. The molecule has 0 saturated heterocycles. The summed E-state index contributed by atoms with van der Waals surface area (Å²) in [5.74, 6) is -1.53. The number of hydrogen-bond acceptors (Lipinski definition) is 6. The van der Waals surface area contributed by atoms with E-state index < -0.39 is 32.0 Å². The smallest absolute Gasteiger partial charge is 0.294 e.